The maximum absolute atomic E-state index is 5.44. The summed E-state index contributed by atoms with van der Waals surface area (Å²) in [5.41, 5.74) is 1.06. The highest BCUT2D eigenvalue weighted by Gasteiger charge is 2.21. The Labute approximate surface area is 90.7 Å². The minimum absolute atomic E-state index is 0. The summed E-state index contributed by atoms with van der Waals surface area (Å²) in [5.74, 6) is 1.32. The molecule has 14 heavy (non-hydrogen) atoms. The predicted octanol–water partition coefficient (Wildman–Crippen LogP) is 2.64. The topological polar surface area (TPSA) is 38.1 Å². The molecule has 80 valence electrons. The van der Waals surface area contributed by atoms with E-state index in [1.807, 2.05) is 0 Å². The lowest BCUT2D eigenvalue weighted by molar-refractivity contribution is 0.429. The molecular formula is C10H17ClN2O. The van der Waals surface area contributed by atoms with Crippen molar-refractivity contribution < 1.29 is 4.42 Å². The second kappa shape index (κ2) is 4.80. The van der Waals surface area contributed by atoms with E-state index >= 15 is 0 Å². The van der Waals surface area contributed by atoms with E-state index in [1.165, 1.54) is 6.42 Å². The molecule has 1 atom stereocenters. The largest absolute Gasteiger partial charge is 0.447 e. The zero-order chi connectivity index (χ0) is 9.26. The van der Waals surface area contributed by atoms with Crippen LogP contribution in [0.15, 0.2) is 10.7 Å². The SMILES string of the molecule is CC(C)c1coc(C2CCCN2)n1.Cl. The van der Waals surface area contributed by atoms with Crippen LogP contribution in [0.4, 0.5) is 0 Å². The van der Waals surface area contributed by atoms with Crippen molar-refractivity contribution in [1.29, 1.82) is 0 Å². The van der Waals surface area contributed by atoms with Crippen molar-refractivity contribution in [2.24, 2.45) is 0 Å². The zero-order valence-corrected chi connectivity index (χ0v) is 9.43. The van der Waals surface area contributed by atoms with E-state index in [1.54, 1.807) is 6.26 Å². The third-order valence-corrected chi connectivity index (χ3v) is 2.49. The van der Waals surface area contributed by atoms with Crippen LogP contribution < -0.4 is 5.32 Å². The summed E-state index contributed by atoms with van der Waals surface area (Å²) in [4.78, 5) is 4.46. The number of oxazole rings is 1. The van der Waals surface area contributed by atoms with Gasteiger partial charge in [0, 0.05) is 0 Å². The molecule has 1 aromatic heterocycles. The van der Waals surface area contributed by atoms with Crippen molar-refractivity contribution in [1.82, 2.24) is 10.3 Å². The lowest BCUT2D eigenvalue weighted by Gasteiger charge is -2.03. The number of nitrogens with one attached hydrogen (secondary N) is 1. The first-order chi connectivity index (χ1) is 6.27. The molecule has 2 heterocycles. The van der Waals surface area contributed by atoms with Gasteiger partial charge in [0.15, 0.2) is 0 Å². The summed E-state index contributed by atoms with van der Waals surface area (Å²) < 4.78 is 5.44. The van der Waals surface area contributed by atoms with Crippen LogP contribution in [0, 0.1) is 0 Å². The second-order valence-corrected chi connectivity index (χ2v) is 3.91. The van der Waals surface area contributed by atoms with Gasteiger partial charge in [0.2, 0.25) is 5.89 Å². The number of nitrogens with zero attached hydrogens (tertiary/aromatic N) is 1. The lowest BCUT2D eigenvalue weighted by Crippen LogP contribution is -2.13. The van der Waals surface area contributed by atoms with Gasteiger partial charge in [-0.05, 0) is 25.3 Å². The third kappa shape index (κ3) is 2.28. The maximum Gasteiger partial charge on any atom is 0.211 e. The molecule has 1 saturated heterocycles. The summed E-state index contributed by atoms with van der Waals surface area (Å²) in [6.07, 6.45) is 4.15. The van der Waals surface area contributed by atoms with Gasteiger partial charge in [-0.15, -0.1) is 12.4 Å². The summed E-state index contributed by atoms with van der Waals surface area (Å²) >= 11 is 0. The van der Waals surface area contributed by atoms with Crippen LogP contribution in [0.3, 0.4) is 0 Å². The fourth-order valence-electron chi connectivity index (χ4n) is 1.62. The van der Waals surface area contributed by atoms with Gasteiger partial charge in [-0.25, -0.2) is 4.98 Å². The van der Waals surface area contributed by atoms with Crippen LogP contribution in [-0.4, -0.2) is 11.5 Å². The fraction of sp³-hybridized carbons (Fsp3) is 0.700. The number of hydrogen-bond acceptors (Lipinski definition) is 3. The molecule has 4 heteroatoms. The van der Waals surface area contributed by atoms with Crippen molar-refractivity contribution >= 4 is 12.4 Å². The Morgan fingerprint density at radius 2 is 2.36 bits per heavy atom. The molecule has 1 fully saturated rings. The average Bonchev–Trinajstić information content (AvgIpc) is 2.75. The minimum Gasteiger partial charge on any atom is -0.447 e. The number of rotatable bonds is 2. The standard InChI is InChI=1S/C10H16N2O.ClH/c1-7(2)9-6-13-10(12-9)8-4-3-5-11-8;/h6-8,11H,3-5H2,1-2H3;1H. The van der Waals surface area contributed by atoms with Gasteiger partial charge in [-0.1, -0.05) is 13.8 Å². The van der Waals surface area contributed by atoms with Crippen LogP contribution in [-0.2, 0) is 0 Å². The Kier molecular flexibility index (Phi) is 3.96. The lowest BCUT2D eigenvalue weighted by atomic mass is 10.1. The Morgan fingerprint density at radius 1 is 1.57 bits per heavy atom. The molecule has 1 N–H and O–H groups in total. The van der Waals surface area contributed by atoms with Crippen LogP contribution in [0.25, 0.3) is 0 Å². The molecule has 1 aliphatic rings. The molecule has 3 nitrogen and oxygen atoms in total. The quantitative estimate of drug-likeness (QED) is 0.826. The monoisotopic (exact) mass is 216 g/mol. The molecular weight excluding hydrogens is 200 g/mol. The van der Waals surface area contributed by atoms with Gasteiger partial charge in [0.1, 0.15) is 6.26 Å². The average molecular weight is 217 g/mol. The van der Waals surface area contributed by atoms with E-state index in [0.717, 1.165) is 24.6 Å². The molecule has 0 bridgehead atoms. The smallest absolute Gasteiger partial charge is 0.211 e. The highest BCUT2D eigenvalue weighted by Crippen LogP contribution is 2.24. The summed E-state index contributed by atoms with van der Waals surface area (Å²) in [7, 11) is 0. The first-order valence-corrected chi connectivity index (χ1v) is 4.96. The second-order valence-electron chi connectivity index (χ2n) is 3.91. The van der Waals surface area contributed by atoms with Crippen LogP contribution in [0.2, 0.25) is 0 Å². The van der Waals surface area contributed by atoms with Crippen molar-refractivity contribution in [2.75, 3.05) is 6.54 Å². The molecule has 0 saturated carbocycles. The molecule has 0 aliphatic carbocycles. The molecule has 0 radical (unpaired) electrons. The van der Waals surface area contributed by atoms with E-state index in [9.17, 15) is 0 Å². The normalized spacial score (nSPS) is 21.2. The Morgan fingerprint density at radius 3 is 2.86 bits per heavy atom. The number of hydrogen-bond donors (Lipinski definition) is 1. The first kappa shape index (κ1) is 11.5. The van der Waals surface area contributed by atoms with Crippen molar-refractivity contribution in [2.45, 2.75) is 38.6 Å². The molecule has 1 aliphatic heterocycles. The van der Waals surface area contributed by atoms with E-state index in [-0.39, 0.29) is 12.4 Å². The molecule has 1 unspecified atom stereocenters. The molecule has 1 aromatic rings. The molecule has 0 amide bonds. The van der Waals surface area contributed by atoms with E-state index in [4.69, 9.17) is 4.42 Å². The highest BCUT2D eigenvalue weighted by atomic mass is 35.5. The predicted molar refractivity (Wildman–Crippen MR) is 57.8 cm³/mol. The van der Waals surface area contributed by atoms with Crippen LogP contribution >= 0.6 is 12.4 Å². The third-order valence-electron chi connectivity index (χ3n) is 2.49. The van der Waals surface area contributed by atoms with E-state index < -0.39 is 0 Å². The Bertz CT molecular complexity index is 279. The summed E-state index contributed by atoms with van der Waals surface area (Å²) in [6, 6.07) is 0.354. The molecule has 2 rings (SSSR count). The first-order valence-electron chi connectivity index (χ1n) is 4.96. The summed E-state index contributed by atoms with van der Waals surface area (Å²) in [5, 5.41) is 3.37. The maximum atomic E-state index is 5.44. The van der Waals surface area contributed by atoms with Gasteiger partial charge >= 0.3 is 0 Å². The van der Waals surface area contributed by atoms with Gasteiger partial charge in [-0.2, -0.15) is 0 Å². The van der Waals surface area contributed by atoms with Gasteiger partial charge < -0.3 is 9.73 Å². The Balaban J connectivity index is 0.000000980. The van der Waals surface area contributed by atoms with E-state index in [2.05, 4.69) is 24.1 Å². The van der Waals surface area contributed by atoms with Gasteiger partial charge in [-0.3, -0.25) is 0 Å². The molecule has 0 spiro atoms. The Hall–Kier alpha value is -0.540. The molecule has 0 aromatic carbocycles. The minimum atomic E-state index is 0. The van der Waals surface area contributed by atoms with Gasteiger partial charge in [0.05, 0.1) is 11.7 Å². The van der Waals surface area contributed by atoms with Gasteiger partial charge in [0.25, 0.3) is 0 Å². The van der Waals surface area contributed by atoms with Crippen LogP contribution in [0.5, 0.6) is 0 Å². The van der Waals surface area contributed by atoms with Crippen molar-refractivity contribution in [3.05, 3.63) is 17.8 Å². The zero-order valence-electron chi connectivity index (χ0n) is 8.62. The number of halogens is 1. The summed E-state index contributed by atoms with van der Waals surface area (Å²) in [6.45, 7) is 5.34. The van der Waals surface area contributed by atoms with Crippen LogP contribution in [0.1, 0.15) is 50.2 Å². The number of aromatic nitrogens is 1. The fourth-order valence-corrected chi connectivity index (χ4v) is 1.62. The highest BCUT2D eigenvalue weighted by molar-refractivity contribution is 5.85. The van der Waals surface area contributed by atoms with E-state index in [0.29, 0.717) is 12.0 Å². The van der Waals surface area contributed by atoms with Crippen molar-refractivity contribution in [3.8, 4) is 0 Å². The van der Waals surface area contributed by atoms with Crippen molar-refractivity contribution in [3.63, 3.8) is 0 Å².